The van der Waals surface area contributed by atoms with Crippen molar-refractivity contribution in [1.29, 1.82) is 0 Å². The molecule has 0 spiro atoms. The highest BCUT2D eigenvalue weighted by atomic mass is 16.7. The van der Waals surface area contributed by atoms with Gasteiger partial charge in [-0.2, -0.15) is 0 Å². The van der Waals surface area contributed by atoms with E-state index in [-0.39, 0.29) is 6.10 Å². The van der Waals surface area contributed by atoms with Crippen molar-refractivity contribution in [2.24, 2.45) is 0 Å². The monoisotopic (exact) mass is 316 g/mol. The smallest absolute Gasteiger partial charge is 0.197 e. The number of imidazole rings is 1. The van der Waals surface area contributed by atoms with Gasteiger partial charge in [0.25, 0.3) is 0 Å². The third-order valence-electron chi connectivity index (χ3n) is 3.97. The van der Waals surface area contributed by atoms with Crippen LogP contribution in [-0.2, 0) is 21.8 Å². The fourth-order valence-corrected chi connectivity index (χ4v) is 2.79. The predicted molar refractivity (Wildman–Crippen MR) is 87.2 cm³/mol. The van der Waals surface area contributed by atoms with Gasteiger partial charge in [0.1, 0.15) is 5.75 Å². The van der Waals surface area contributed by atoms with Gasteiger partial charge in [0.2, 0.25) is 0 Å². The van der Waals surface area contributed by atoms with Crippen molar-refractivity contribution in [1.82, 2.24) is 9.55 Å². The van der Waals surface area contributed by atoms with E-state index in [1.807, 2.05) is 48.3 Å². The molecule has 0 radical (unpaired) electrons. The molecule has 0 bridgehead atoms. The van der Waals surface area contributed by atoms with E-state index < -0.39 is 5.79 Å². The summed E-state index contributed by atoms with van der Waals surface area (Å²) in [6, 6.07) is 8.05. The van der Waals surface area contributed by atoms with Crippen molar-refractivity contribution in [3.63, 3.8) is 0 Å². The minimum Gasteiger partial charge on any atom is -0.494 e. The largest absolute Gasteiger partial charge is 0.494 e. The average molecular weight is 316 g/mol. The van der Waals surface area contributed by atoms with Crippen LogP contribution in [0.4, 0.5) is 0 Å². The predicted octanol–water partition coefficient (Wildman–Crippen LogP) is 3.35. The molecule has 0 N–H and O–H groups in total. The Morgan fingerprint density at radius 1 is 1.35 bits per heavy atom. The van der Waals surface area contributed by atoms with Gasteiger partial charge < -0.3 is 18.8 Å². The molecule has 0 amide bonds. The Balaban J connectivity index is 1.75. The van der Waals surface area contributed by atoms with Crippen LogP contribution in [0.15, 0.2) is 43.0 Å². The highest BCUT2D eigenvalue weighted by Gasteiger charge is 2.41. The van der Waals surface area contributed by atoms with Crippen LogP contribution in [0, 0.1) is 0 Å². The van der Waals surface area contributed by atoms with E-state index in [0.29, 0.717) is 6.61 Å². The second-order valence-corrected chi connectivity index (χ2v) is 5.92. The number of hydrogen-bond donors (Lipinski definition) is 0. The molecule has 1 aromatic carbocycles. The Labute approximate surface area is 137 Å². The first kappa shape index (κ1) is 16.0. The van der Waals surface area contributed by atoms with Crippen LogP contribution in [0.1, 0.15) is 32.3 Å². The Hall–Kier alpha value is -1.85. The van der Waals surface area contributed by atoms with Crippen molar-refractivity contribution in [3.05, 3.63) is 48.5 Å². The van der Waals surface area contributed by atoms with Gasteiger partial charge in [0.05, 0.1) is 25.6 Å². The van der Waals surface area contributed by atoms with Gasteiger partial charge >= 0.3 is 0 Å². The molecule has 1 fully saturated rings. The molecule has 5 nitrogen and oxygen atoms in total. The van der Waals surface area contributed by atoms with E-state index in [4.69, 9.17) is 14.2 Å². The number of aryl methyl sites for hydroxylation is 1. The van der Waals surface area contributed by atoms with E-state index in [1.54, 1.807) is 6.20 Å². The highest BCUT2D eigenvalue weighted by molar-refractivity contribution is 5.30. The zero-order valence-electron chi connectivity index (χ0n) is 13.8. The van der Waals surface area contributed by atoms with Gasteiger partial charge in [-0.1, -0.05) is 6.92 Å². The van der Waals surface area contributed by atoms with Gasteiger partial charge in [0, 0.05) is 30.9 Å². The molecule has 2 unspecified atom stereocenters. The Morgan fingerprint density at radius 2 is 2.17 bits per heavy atom. The second kappa shape index (κ2) is 7.15. The van der Waals surface area contributed by atoms with Crippen LogP contribution in [0.2, 0.25) is 0 Å². The first-order valence-electron chi connectivity index (χ1n) is 8.23. The molecular formula is C18H24N2O3. The Bertz CT molecular complexity index is 597. The fourth-order valence-electron chi connectivity index (χ4n) is 2.79. The number of benzene rings is 1. The van der Waals surface area contributed by atoms with Gasteiger partial charge in [-0.3, -0.25) is 0 Å². The first-order chi connectivity index (χ1) is 11.2. The van der Waals surface area contributed by atoms with E-state index in [1.165, 1.54) is 0 Å². The normalized spacial score (nSPS) is 24.0. The fraction of sp³-hybridized carbons (Fsp3) is 0.500. The van der Waals surface area contributed by atoms with Crippen LogP contribution in [-0.4, -0.2) is 28.9 Å². The van der Waals surface area contributed by atoms with Gasteiger partial charge in [-0.15, -0.1) is 0 Å². The van der Waals surface area contributed by atoms with Crippen LogP contribution in [0.3, 0.4) is 0 Å². The van der Waals surface area contributed by atoms with E-state index in [9.17, 15) is 0 Å². The molecule has 5 heteroatoms. The molecule has 3 rings (SSSR count). The Kier molecular flexibility index (Phi) is 4.98. The topological polar surface area (TPSA) is 45.5 Å². The number of aromatic nitrogens is 2. The number of rotatable bonds is 7. The average Bonchev–Trinajstić information content (AvgIpc) is 3.22. The third kappa shape index (κ3) is 3.74. The zero-order valence-corrected chi connectivity index (χ0v) is 13.8. The van der Waals surface area contributed by atoms with Crippen LogP contribution in [0.25, 0.3) is 0 Å². The maximum Gasteiger partial charge on any atom is 0.197 e. The van der Waals surface area contributed by atoms with Crippen LogP contribution >= 0.6 is 0 Å². The summed E-state index contributed by atoms with van der Waals surface area (Å²) in [4.78, 5) is 4.08. The molecule has 1 saturated heterocycles. The summed E-state index contributed by atoms with van der Waals surface area (Å²) >= 11 is 0. The second-order valence-electron chi connectivity index (χ2n) is 5.92. The lowest BCUT2D eigenvalue weighted by molar-refractivity contribution is -0.182. The van der Waals surface area contributed by atoms with E-state index in [2.05, 4.69) is 11.9 Å². The summed E-state index contributed by atoms with van der Waals surface area (Å²) in [6.45, 7) is 6.27. The minimum absolute atomic E-state index is 0.0915. The minimum atomic E-state index is -0.688. The summed E-state index contributed by atoms with van der Waals surface area (Å²) in [6.07, 6.45) is 7.38. The van der Waals surface area contributed by atoms with Gasteiger partial charge in [-0.25, -0.2) is 4.98 Å². The molecule has 0 saturated carbocycles. The van der Waals surface area contributed by atoms with Crippen molar-refractivity contribution in [2.75, 3.05) is 13.2 Å². The maximum atomic E-state index is 6.16. The molecule has 124 valence electrons. The van der Waals surface area contributed by atoms with Gasteiger partial charge in [-0.05, 0) is 37.6 Å². The quantitative estimate of drug-likeness (QED) is 0.786. The summed E-state index contributed by atoms with van der Waals surface area (Å²) in [7, 11) is 0. The zero-order chi connectivity index (χ0) is 16.1. The van der Waals surface area contributed by atoms with Gasteiger partial charge in [0.15, 0.2) is 5.79 Å². The summed E-state index contributed by atoms with van der Waals surface area (Å²) in [5.74, 6) is 0.193. The van der Waals surface area contributed by atoms with Crippen LogP contribution < -0.4 is 4.74 Å². The lowest BCUT2D eigenvalue weighted by Crippen LogP contribution is -2.29. The SMILES string of the molecule is CCCOc1ccc(C2(CCn3ccnc3)OCC(C)O2)cc1. The number of ether oxygens (including phenoxy) is 3. The number of nitrogens with zero attached hydrogens (tertiary/aromatic N) is 2. The number of hydrogen-bond acceptors (Lipinski definition) is 4. The standard InChI is InChI=1S/C18H24N2O3/c1-3-12-21-17-6-4-16(5-7-17)18(22-13-15(2)23-18)8-10-20-11-9-19-14-20/h4-7,9,11,14-15H,3,8,10,12-13H2,1-2H3. The Morgan fingerprint density at radius 3 is 2.78 bits per heavy atom. The van der Waals surface area contributed by atoms with Crippen molar-refractivity contribution in [3.8, 4) is 5.75 Å². The lowest BCUT2D eigenvalue weighted by Gasteiger charge is -2.28. The molecule has 1 aliphatic heterocycles. The molecule has 2 aromatic rings. The van der Waals surface area contributed by atoms with Crippen molar-refractivity contribution < 1.29 is 14.2 Å². The summed E-state index contributed by atoms with van der Waals surface area (Å²) < 4.78 is 19.9. The molecule has 23 heavy (non-hydrogen) atoms. The first-order valence-corrected chi connectivity index (χ1v) is 8.23. The van der Waals surface area contributed by atoms with E-state index >= 15 is 0 Å². The lowest BCUT2D eigenvalue weighted by atomic mass is 10.0. The molecule has 1 aliphatic rings. The van der Waals surface area contributed by atoms with Crippen molar-refractivity contribution >= 4 is 0 Å². The molecule has 2 heterocycles. The molecule has 1 aromatic heterocycles. The van der Waals surface area contributed by atoms with Crippen molar-refractivity contribution in [2.45, 2.75) is 45.1 Å². The van der Waals surface area contributed by atoms with E-state index in [0.717, 1.165) is 37.3 Å². The summed E-state index contributed by atoms with van der Waals surface area (Å²) in [5.41, 5.74) is 1.03. The summed E-state index contributed by atoms with van der Waals surface area (Å²) in [5, 5.41) is 0. The molecule has 0 aliphatic carbocycles. The molecule has 2 atom stereocenters. The van der Waals surface area contributed by atoms with Crippen LogP contribution in [0.5, 0.6) is 5.75 Å². The maximum absolute atomic E-state index is 6.16. The third-order valence-corrected chi connectivity index (χ3v) is 3.97. The molecular weight excluding hydrogens is 292 g/mol. The highest BCUT2D eigenvalue weighted by Crippen LogP contribution is 2.38.